The highest BCUT2D eigenvalue weighted by molar-refractivity contribution is 7.99. The lowest BCUT2D eigenvalue weighted by Crippen LogP contribution is -2.12. The summed E-state index contributed by atoms with van der Waals surface area (Å²) < 4.78 is 11.1. The Labute approximate surface area is 261 Å². The summed E-state index contributed by atoms with van der Waals surface area (Å²) in [5, 5.41) is 26.8. The molecule has 0 fully saturated rings. The van der Waals surface area contributed by atoms with Crippen molar-refractivity contribution in [1.82, 2.24) is 9.97 Å². The van der Waals surface area contributed by atoms with Gasteiger partial charge in [0.05, 0.1) is 36.1 Å². The number of nitro groups is 1. The minimum Gasteiger partial charge on any atom is -0.497 e. The van der Waals surface area contributed by atoms with E-state index in [2.05, 4.69) is 16.4 Å². The van der Waals surface area contributed by atoms with Gasteiger partial charge in [-0.2, -0.15) is 5.26 Å². The largest absolute Gasteiger partial charge is 0.497 e. The second kappa shape index (κ2) is 13.8. The lowest BCUT2D eigenvalue weighted by molar-refractivity contribution is -0.384. The standard InChI is InChI=1S/C32H25N5O5S2/c1-41-23-11-12-29(42-2)25(16-23)24-17-27(20-7-4-3-5-8-20)34-31(26(24)18-33)43-14-13-30(38)36-32-35-28(19-44-32)21-9-6-10-22(15-21)37(39)40/h3-12,15-17,19H,13-14H2,1-2H3,(H,35,36,38). The molecule has 0 bridgehead atoms. The number of anilines is 1. The molecule has 10 nitrogen and oxygen atoms in total. The van der Waals surface area contributed by atoms with Crippen LogP contribution in [-0.4, -0.2) is 40.8 Å². The van der Waals surface area contributed by atoms with Crippen LogP contribution in [0.25, 0.3) is 33.6 Å². The topological polar surface area (TPSA) is 140 Å². The van der Waals surface area contributed by atoms with Crippen LogP contribution >= 0.6 is 23.1 Å². The number of ether oxygens (including phenoxy) is 2. The van der Waals surface area contributed by atoms with Crippen LogP contribution in [-0.2, 0) is 4.79 Å². The number of hydrogen-bond donors (Lipinski definition) is 1. The number of methoxy groups -OCH3 is 2. The second-order valence-corrected chi connectivity index (χ2v) is 11.2. The van der Waals surface area contributed by atoms with E-state index in [9.17, 15) is 20.2 Å². The first-order chi connectivity index (χ1) is 21.4. The summed E-state index contributed by atoms with van der Waals surface area (Å²) in [6, 6.07) is 25.4. The van der Waals surface area contributed by atoms with Crippen LogP contribution in [0.3, 0.4) is 0 Å². The number of thioether (sulfide) groups is 1. The highest BCUT2D eigenvalue weighted by Crippen LogP contribution is 2.40. The monoisotopic (exact) mass is 623 g/mol. The maximum atomic E-state index is 12.8. The van der Waals surface area contributed by atoms with Crippen LogP contribution in [0.15, 0.2) is 89.3 Å². The Hall–Kier alpha value is -5.25. The Balaban J connectivity index is 1.37. The van der Waals surface area contributed by atoms with Crippen molar-refractivity contribution in [2.75, 3.05) is 25.3 Å². The molecular formula is C32H25N5O5S2. The molecule has 2 heterocycles. The van der Waals surface area contributed by atoms with Crippen LogP contribution in [0.2, 0.25) is 0 Å². The van der Waals surface area contributed by atoms with E-state index in [0.717, 1.165) is 5.56 Å². The maximum absolute atomic E-state index is 12.8. The number of nitriles is 1. The molecule has 0 unspecified atom stereocenters. The molecule has 0 atom stereocenters. The van der Waals surface area contributed by atoms with Gasteiger partial charge in [-0.1, -0.05) is 42.5 Å². The minimum atomic E-state index is -0.464. The molecule has 3 aromatic carbocycles. The predicted molar refractivity (Wildman–Crippen MR) is 171 cm³/mol. The Morgan fingerprint density at radius 1 is 0.977 bits per heavy atom. The average Bonchev–Trinajstić information content (AvgIpc) is 3.52. The Morgan fingerprint density at radius 3 is 2.50 bits per heavy atom. The summed E-state index contributed by atoms with van der Waals surface area (Å²) in [5.41, 5.74) is 4.33. The van der Waals surface area contributed by atoms with Gasteiger partial charge in [0, 0.05) is 51.9 Å². The van der Waals surface area contributed by atoms with Crippen molar-refractivity contribution in [3.8, 4) is 51.2 Å². The van der Waals surface area contributed by atoms with Gasteiger partial charge < -0.3 is 14.8 Å². The first kappa shape index (κ1) is 30.2. The van der Waals surface area contributed by atoms with Gasteiger partial charge in [-0.25, -0.2) is 9.97 Å². The zero-order chi connectivity index (χ0) is 31.1. The number of amides is 1. The van der Waals surface area contributed by atoms with E-state index >= 15 is 0 Å². The molecular weight excluding hydrogens is 599 g/mol. The molecule has 5 rings (SSSR count). The number of rotatable bonds is 11. The van der Waals surface area contributed by atoms with E-state index in [1.54, 1.807) is 43.9 Å². The third-order valence-corrected chi connectivity index (χ3v) is 8.27. The number of nitrogens with one attached hydrogen (secondary N) is 1. The van der Waals surface area contributed by atoms with Crippen molar-refractivity contribution in [3.63, 3.8) is 0 Å². The Bertz CT molecular complexity index is 1870. The number of nitrogens with zero attached hydrogens (tertiary/aromatic N) is 4. The van der Waals surface area contributed by atoms with Crippen LogP contribution in [0.1, 0.15) is 12.0 Å². The normalized spacial score (nSPS) is 10.6. The quantitative estimate of drug-likeness (QED) is 0.0902. The first-order valence-corrected chi connectivity index (χ1v) is 15.1. The Morgan fingerprint density at radius 2 is 1.77 bits per heavy atom. The number of carbonyl (C=O) groups is 1. The van der Waals surface area contributed by atoms with Gasteiger partial charge in [0.2, 0.25) is 5.91 Å². The first-order valence-electron chi connectivity index (χ1n) is 13.3. The van der Waals surface area contributed by atoms with E-state index in [-0.39, 0.29) is 18.0 Å². The van der Waals surface area contributed by atoms with Gasteiger partial charge in [0.1, 0.15) is 22.6 Å². The molecule has 0 aliphatic rings. The van der Waals surface area contributed by atoms with E-state index in [1.807, 2.05) is 42.5 Å². The molecule has 0 radical (unpaired) electrons. The van der Waals surface area contributed by atoms with Crippen LogP contribution in [0, 0.1) is 21.4 Å². The fourth-order valence-electron chi connectivity index (χ4n) is 4.39. The number of carbonyl (C=O) groups excluding carboxylic acids is 1. The number of benzene rings is 3. The highest BCUT2D eigenvalue weighted by Gasteiger charge is 2.20. The van der Waals surface area contributed by atoms with Crippen LogP contribution in [0.5, 0.6) is 11.5 Å². The van der Waals surface area contributed by atoms with Gasteiger partial charge in [-0.3, -0.25) is 14.9 Å². The van der Waals surface area contributed by atoms with Crippen molar-refractivity contribution in [3.05, 3.63) is 99.9 Å². The highest BCUT2D eigenvalue weighted by atomic mass is 32.2. The van der Waals surface area contributed by atoms with E-state index in [4.69, 9.17) is 14.5 Å². The van der Waals surface area contributed by atoms with Crippen molar-refractivity contribution in [1.29, 1.82) is 5.26 Å². The molecule has 220 valence electrons. The molecule has 0 saturated carbocycles. The number of thiazole rings is 1. The molecule has 1 N–H and O–H groups in total. The third-order valence-electron chi connectivity index (χ3n) is 6.54. The van der Waals surface area contributed by atoms with Gasteiger partial charge in [0.25, 0.3) is 5.69 Å². The summed E-state index contributed by atoms with van der Waals surface area (Å²) >= 11 is 2.54. The molecule has 12 heteroatoms. The van der Waals surface area contributed by atoms with Gasteiger partial charge in [-0.15, -0.1) is 23.1 Å². The number of hydrogen-bond acceptors (Lipinski definition) is 10. The van der Waals surface area contributed by atoms with Crippen molar-refractivity contribution in [2.45, 2.75) is 11.4 Å². The number of non-ortho nitro benzene ring substituents is 1. The van der Waals surface area contributed by atoms with Crippen molar-refractivity contribution >= 4 is 39.8 Å². The summed E-state index contributed by atoms with van der Waals surface area (Å²) in [6.45, 7) is 0. The van der Waals surface area contributed by atoms with Crippen LogP contribution < -0.4 is 14.8 Å². The summed E-state index contributed by atoms with van der Waals surface area (Å²) in [7, 11) is 3.14. The van der Waals surface area contributed by atoms with E-state index in [0.29, 0.717) is 61.1 Å². The molecule has 44 heavy (non-hydrogen) atoms. The van der Waals surface area contributed by atoms with Gasteiger partial charge >= 0.3 is 0 Å². The molecule has 2 aromatic heterocycles. The smallest absolute Gasteiger partial charge is 0.270 e. The zero-order valence-electron chi connectivity index (χ0n) is 23.6. The third kappa shape index (κ3) is 6.86. The number of pyridine rings is 1. The predicted octanol–water partition coefficient (Wildman–Crippen LogP) is 7.46. The number of aromatic nitrogens is 2. The van der Waals surface area contributed by atoms with Crippen molar-refractivity contribution in [2.24, 2.45) is 0 Å². The lowest BCUT2D eigenvalue weighted by Gasteiger charge is -2.15. The minimum absolute atomic E-state index is 0.0344. The molecule has 5 aromatic rings. The maximum Gasteiger partial charge on any atom is 0.270 e. The summed E-state index contributed by atoms with van der Waals surface area (Å²) in [5.74, 6) is 1.29. The van der Waals surface area contributed by atoms with Crippen LogP contribution in [0.4, 0.5) is 10.8 Å². The SMILES string of the molecule is COc1ccc(OC)c(-c2cc(-c3ccccc3)nc(SCCC(=O)Nc3nc(-c4cccc([N+](=O)[O-])c4)cs3)c2C#N)c1. The molecule has 0 aliphatic carbocycles. The average molecular weight is 624 g/mol. The summed E-state index contributed by atoms with van der Waals surface area (Å²) in [4.78, 5) is 32.7. The zero-order valence-corrected chi connectivity index (χ0v) is 25.3. The summed E-state index contributed by atoms with van der Waals surface area (Å²) in [6.07, 6.45) is 0.135. The fourth-order valence-corrected chi connectivity index (χ4v) is 6.07. The molecule has 0 spiro atoms. The van der Waals surface area contributed by atoms with Crippen molar-refractivity contribution < 1.29 is 19.2 Å². The van der Waals surface area contributed by atoms with E-state index in [1.165, 1.54) is 35.2 Å². The molecule has 0 saturated heterocycles. The fraction of sp³-hybridized carbons (Fsp3) is 0.125. The second-order valence-electron chi connectivity index (χ2n) is 9.27. The van der Waals surface area contributed by atoms with Gasteiger partial charge in [-0.05, 0) is 24.3 Å². The molecule has 0 aliphatic heterocycles. The number of nitro benzene ring substituents is 1. The van der Waals surface area contributed by atoms with E-state index < -0.39 is 4.92 Å². The lowest BCUT2D eigenvalue weighted by atomic mass is 9.98. The van der Waals surface area contributed by atoms with Gasteiger partial charge in [0.15, 0.2) is 5.13 Å². The Kier molecular flexibility index (Phi) is 9.49. The molecule has 1 amide bonds.